The molecule has 0 saturated carbocycles. The Kier molecular flexibility index (Phi) is 7.94. The van der Waals surface area contributed by atoms with Gasteiger partial charge in [-0.3, -0.25) is 8.98 Å². The van der Waals surface area contributed by atoms with Crippen molar-refractivity contribution >= 4 is 56.5 Å². The highest BCUT2D eigenvalue weighted by Crippen LogP contribution is 2.30. The predicted octanol–water partition coefficient (Wildman–Crippen LogP) is 5.13. The van der Waals surface area contributed by atoms with E-state index in [0.29, 0.717) is 27.2 Å². The number of carbonyl (C=O) groups is 1. The molecule has 0 aromatic heterocycles. The van der Waals surface area contributed by atoms with Gasteiger partial charge in [-0.2, -0.15) is 8.42 Å². The van der Waals surface area contributed by atoms with Crippen molar-refractivity contribution < 1.29 is 17.4 Å². The fourth-order valence-electron chi connectivity index (χ4n) is 2.46. The molecule has 146 valence electrons. The first kappa shape index (κ1) is 22.0. The molecule has 5 nitrogen and oxygen atoms in total. The third-order valence-corrected chi connectivity index (χ3v) is 5.32. The number of hydrogen-bond donors (Lipinski definition) is 1. The minimum absolute atomic E-state index is 0.0437. The Bertz CT molecular complexity index is 901. The molecule has 0 spiro atoms. The van der Waals surface area contributed by atoms with Gasteiger partial charge < -0.3 is 5.32 Å². The van der Waals surface area contributed by atoms with Crippen LogP contribution < -0.4 is 5.32 Å². The second-order valence-electron chi connectivity index (χ2n) is 5.94. The lowest BCUT2D eigenvalue weighted by molar-refractivity contribution is -0.116. The zero-order chi connectivity index (χ0) is 20.0. The molecule has 0 radical (unpaired) electrons. The molecular formula is C18H18Cl3NO4S. The SMILES string of the molecule is CS(=O)(=O)OCCC(CC(=O)Nc1ccc(Cl)cc1)c1ccc(Cl)c(Cl)c1. The molecular weight excluding hydrogens is 433 g/mol. The van der Waals surface area contributed by atoms with Crippen LogP contribution in [-0.4, -0.2) is 27.2 Å². The zero-order valence-electron chi connectivity index (χ0n) is 14.4. The summed E-state index contributed by atoms with van der Waals surface area (Å²) in [5, 5.41) is 4.12. The van der Waals surface area contributed by atoms with E-state index in [9.17, 15) is 13.2 Å². The Hall–Kier alpha value is -1.31. The third-order valence-electron chi connectivity index (χ3n) is 3.74. The van der Waals surface area contributed by atoms with Crippen LogP contribution in [0.15, 0.2) is 42.5 Å². The number of amides is 1. The van der Waals surface area contributed by atoms with Crippen LogP contribution in [0.3, 0.4) is 0 Å². The van der Waals surface area contributed by atoms with Crippen LogP contribution in [0.5, 0.6) is 0 Å². The summed E-state index contributed by atoms with van der Waals surface area (Å²) in [7, 11) is -3.56. The number of rotatable bonds is 8. The summed E-state index contributed by atoms with van der Waals surface area (Å²) >= 11 is 17.9. The first-order valence-electron chi connectivity index (χ1n) is 7.99. The summed E-state index contributed by atoms with van der Waals surface area (Å²) in [6.07, 6.45) is 1.42. The van der Waals surface area contributed by atoms with Gasteiger partial charge in [0, 0.05) is 17.1 Å². The molecule has 2 aromatic carbocycles. The summed E-state index contributed by atoms with van der Waals surface area (Å²) in [4.78, 5) is 12.4. The van der Waals surface area contributed by atoms with Gasteiger partial charge in [0.05, 0.1) is 22.9 Å². The molecule has 27 heavy (non-hydrogen) atoms. The van der Waals surface area contributed by atoms with E-state index >= 15 is 0 Å². The fraction of sp³-hybridized carbons (Fsp3) is 0.278. The van der Waals surface area contributed by atoms with Gasteiger partial charge >= 0.3 is 0 Å². The van der Waals surface area contributed by atoms with Crippen LogP contribution in [0.1, 0.15) is 24.3 Å². The first-order valence-corrected chi connectivity index (χ1v) is 10.9. The van der Waals surface area contributed by atoms with Crippen LogP contribution in [-0.2, 0) is 19.1 Å². The highest BCUT2D eigenvalue weighted by molar-refractivity contribution is 7.85. The fourth-order valence-corrected chi connectivity index (χ4v) is 3.30. The molecule has 1 amide bonds. The second kappa shape index (κ2) is 9.75. The number of hydrogen-bond acceptors (Lipinski definition) is 4. The van der Waals surface area contributed by atoms with Crippen LogP contribution in [0, 0.1) is 0 Å². The third kappa shape index (κ3) is 7.68. The quantitative estimate of drug-likeness (QED) is 0.566. The van der Waals surface area contributed by atoms with E-state index in [0.717, 1.165) is 11.8 Å². The van der Waals surface area contributed by atoms with Gasteiger partial charge in [-0.1, -0.05) is 40.9 Å². The maximum Gasteiger partial charge on any atom is 0.264 e. The van der Waals surface area contributed by atoms with Gasteiger partial charge in [0.15, 0.2) is 0 Å². The van der Waals surface area contributed by atoms with Crippen molar-refractivity contribution in [2.24, 2.45) is 0 Å². The van der Waals surface area contributed by atoms with E-state index in [1.807, 2.05) is 0 Å². The average molecular weight is 451 g/mol. The normalized spacial score (nSPS) is 12.6. The van der Waals surface area contributed by atoms with Crippen LogP contribution in [0.2, 0.25) is 15.1 Å². The molecule has 0 fully saturated rings. The lowest BCUT2D eigenvalue weighted by Gasteiger charge is -2.18. The Morgan fingerprint density at radius 2 is 1.74 bits per heavy atom. The largest absolute Gasteiger partial charge is 0.326 e. The van der Waals surface area contributed by atoms with Crippen LogP contribution >= 0.6 is 34.8 Å². The van der Waals surface area contributed by atoms with Gasteiger partial charge in [-0.05, 0) is 54.3 Å². The molecule has 9 heteroatoms. The van der Waals surface area contributed by atoms with Crippen LogP contribution in [0.25, 0.3) is 0 Å². The molecule has 0 aliphatic carbocycles. The lowest BCUT2D eigenvalue weighted by atomic mass is 9.92. The van der Waals surface area contributed by atoms with Crippen molar-refractivity contribution in [3.8, 4) is 0 Å². The van der Waals surface area contributed by atoms with E-state index in [1.54, 1.807) is 42.5 Å². The highest BCUT2D eigenvalue weighted by atomic mass is 35.5. The number of anilines is 1. The zero-order valence-corrected chi connectivity index (χ0v) is 17.5. The van der Waals surface area contributed by atoms with Gasteiger partial charge in [0.25, 0.3) is 10.1 Å². The van der Waals surface area contributed by atoms with Gasteiger partial charge in [0.2, 0.25) is 5.91 Å². The molecule has 1 atom stereocenters. The van der Waals surface area contributed by atoms with Gasteiger partial charge in [-0.15, -0.1) is 0 Å². The van der Waals surface area contributed by atoms with E-state index in [4.69, 9.17) is 39.0 Å². The predicted molar refractivity (Wildman–Crippen MR) is 109 cm³/mol. The molecule has 2 rings (SSSR count). The number of carbonyl (C=O) groups excluding carboxylic acids is 1. The minimum atomic E-state index is -3.56. The molecule has 0 aliphatic heterocycles. The van der Waals surface area contributed by atoms with E-state index < -0.39 is 10.1 Å². The molecule has 0 aliphatic rings. The maximum absolute atomic E-state index is 12.4. The maximum atomic E-state index is 12.4. The van der Waals surface area contributed by atoms with Crippen molar-refractivity contribution in [3.63, 3.8) is 0 Å². The summed E-state index contributed by atoms with van der Waals surface area (Å²) < 4.78 is 27.2. The molecule has 0 saturated heterocycles. The van der Waals surface area contributed by atoms with Crippen molar-refractivity contribution in [2.75, 3.05) is 18.2 Å². The molecule has 0 bridgehead atoms. The standard InChI is InChI=1S/C18H18Cl3NO4S/c1-27(24,25)26-9-8-13(12-2-7-16(20)17(21)10-12)11-18(23)22-15-5-3-14(19)4-6-15/h2-7,10,13H,8-9,11H2,1H3,(H,22,23). The number of benzene rings is 2. The highest BCUT2D eigenvalue weighted by Gasteiger charge is 2.18. The van der Waals surface area contributed by atoms with Crippen molar-refractivity contribution in [3.05, 3.63) is 63.1 Å². The Morgan fingerprint density at radius 3 is 2.33 bits per heavy atom. The van der Waals surface area contributed by atoms with Crippen molar-refractivity contribution in [1.29, 1.82) is 0 Å². The molecule has 0 heterocycles. The smallest absolute Gasteiger partial charge is 0.264 e. The molecule has 2 aromatic rings. The van der Waals surface area contributed by atoms with Gasteiger partial charge in [-0.25, -0.2) is 0 Å². The summed E-state index contributed by atoms with van der Waals surface area (Å²) in [5.74, 6) is -0.526. The van der Waals surface area contributed by atoms with E-state index in [-0.39, 0.29) is 24.9 Å². The summed E-state index contributed by atoms with van der Waals surface area (Å²) in [6.45, 7) is -0.0437. The Balaban J connectivity index is 2.11. The van der Waals surface area contributed by atoms with Crippen LogP contribution in [0.4, 0.5) is 5.69 Å². The Morgan fingerprint density at radius 1 is 1.07 bits per heavy atom. The first-order chi connectivity index (χ1) is 12.6. The van der Waals surface area contributed by atoms with Crippen molar-refractivity contribution in [1.82, 2.24) is 0 Å². The Labute approximate surface area is 173 Å². The number of nitrogens with one attached hydrogen (secondary N) is 1. The number of halogens is 3. The molecule has 1 unspecified atom stereocenters. The minimum Gasteiger partial charge on any atom is -0.326 e. The van der Waals surface area contributed by atoms with Crippen molar-refractivity contribution in [2.45, 2.75) is 18.8 Å². The average Bonchev–Trinajstić information content (AvgIpc) is 2.57. The summed E-state index contributed by atoms with van der Waals surface area (Å²) in [5.41, 5.74) is 1.39. The monoisotopic (exact) mass is 449 g/mol. The summed E-state index contributed by atoms with van der Waals surface area (Å²) in [6, 6.07) is 11.8. The molecule has 1 N–H and O–H groups in total. The second-order valence-corrected chi connectivity index (χ2v) is 8.84. The lowest BCUT2D eigenvalue weighted by Crippen LogP contribution is -2.17. The van der Waals surface area contributed by atoms with E-state index in [1.165, 1.54) is 0 Å². The van der Waals surface area contributed by atoms with E-state index in [2.05, 4.69) is 5.32 Å². The topological polar surface area (TPSA) is 72.5 Å². The van der Waals surface area contributed by atoms with Gasteiger partial charge in [0.1, 0.15) is 0 Å².